The van der Waals surface area contributed by atoms with Gasteiger partial charge in [0.25, 0.3) is 0 Å². The Labute approximate surface area is 169 Å². The molecule has 0 radical (unpaired) electrons. The highest BCUT2D eigenvalue weighted by Gasteiger charge is 2.31. The minimum atomic E-state index is -4.53. The molecular formula is C20H18F3N5O2. The van der Waals surface area contributed by atoms with Crippen LogP contribution < -0.4 is 10.6 Å². The first kappa shape index (κ1) is 21.0. The number of hydrogen-bond donors (Lipinski definition) is 2. The molecule has 0 atom stereocenters. The molecule has 3 rings (SSSR count). The Morgan fingerprint density at radius 3 is 2.60 bits per heavy atom. The molecule has 30 heavy (non-hydrogen) atoms. The van der Waals surface area contributed by atoms with Crippen molar-refractivity contribution >= 4 is 23.3 Å². The molecule has 0 saturated carbocycles. The largest absolute Gasteiger partial charge is 0.416 e. The van der Waals surface area contributed by atoms with E-state index in [0.29, 0.717) is 11.1 Å². The molecule has 0 bridgehead atoms. The average molecular weight is 417 g/mol. The van der Waals surface area contributed by atoms with Gasteiger partial charge in [0.05, 0.1) is 5.56 Å². The Morgan fingerprint density at radius 2 is 1.97 bits per heavy atom. The molecule has 0 saturated heterocycles. The lowest BCUT2D eigenvalue weighted by Gasteiger charge is -2.13. The number of amides is 1. The monoisotopic (exact) mass is 417 g/mol. The second-order valence-corrected chi connectivity index (χ2v) is 6.49. The molecule has 156 valence electrons. The fourth-order valence-corrected chi connectivity index (χ4v) is 3.01. The van der Waals surface area contributed by atoms with Crippen molar-refractivity contribution in [2.75, 3.05) is 12.4 Å². The van der Waals surface area contributed by atoms with Crippen molar-refractivity contribution in [3.8, 4) is 11.1 Å². The van der Waals surface area contributed by atoms with Crippen molar-refractivity contribution in [1.29, 1.82) is 0 Å². The van der Waals surface area contributed by atoms with Gasteiger partial charge in [0.2, 0.25) is 11.9 Å². The highest BCUT2D eigenvalue weighted by molar-refractivity contribution is 6.07. The van der Waals surface area contributed by atoms with Crippen LogP contribution >= 0.6 is 0 Å². The number of carbonyl (C=O) groups excluding carboxylic acids is 2. The molecule has 0 aliphatic heterocycles. The maximum absolute atomic E-state index is 13.2. The fourth-order valence-electron chi connectivity index (χ4n) is 3.01. The van der Waals surface area contributed by atoms with Crippen LogP contribution in [0.25, 0.3) is 16.8 Å². The number of carbonyl (C=O) groups is 2. The maximum Gasteiger partial charge on any atom is 0.416 e. The van der Waals surface area contributed by atoms with E-state index < -0.39 is 17.6 Å². The number of fused-ring (bicyclic) bond motifs is 1. The third kappa shape index (κ3) is 4.17. The molecule has 0 unspecified atom stereocenters. The van der Waals surface area contributed by atoms with Gasteiger partial charge in [0.1, 0.15) is 0 Å². The number of nitrogens with one attached hydrogen (secondary N) is 2. The molecule has 2 aromatic heterocycles. The van der Waals surface area contributed by atoms with Crippen LogP contribution in [0.4, 0.5) is 19.1 Å². The normalized spacial score (nSPS) is 11.8. The summed E-state index contributed by atoms with van der Waals surface area (Å²) in [4.78, 5) is 28.2. The highest BCUT2D eigenvalue weighted by Crippen LogP contribution is 2.35. The number of allylic oxidation sites excluding steroid dienone is 1. The first-order chi connectivity index (χ1) is 14.1. The number of nitrogens with zero attached hydrogens (tertiary/aromatic N) is 3. The van der Waals surface area contributed by atoms with E-state index in [-0.39, 0.29) is 28.5 Å². The van der Waals surface area contributed by atoms with Crippen LogP contribution in [0.5, 0.6) is 0 Å². The zero-order valence-corrected chi connectivity index (χ0v) is 16.3. The van der Waals surface area contributed by atoms with E-state index in [1.165, 1.54) is 42.0 Å². The van der Waals surface area contributed by atoms with Gasteiger partial charge in [-0.15, -0.1) is 5.10 Å². The average Bonchev–Trinajstić information content (AvgIpc) is 3.06. The van der Waals surface area contributed by atoms with Gasteiger partial charge in [-0.3, -0.25) is 14.9 Å². The van der Waals surface area contributed by atoms with Gasteiger partial charge >= 0.3 is 6.18 Å². The molecule has 0 aliphatic carbocycles. The Morgan fingerprint density at radius 1 is 1.23 bits per heavy atom. The summed E-state index contributed by atoms with van der Waals surface area (Å²) in [5.41, 5.74) is 0.598. The number of aromatic nitrogens is 3. The number of anilines is 1. The lowest BCUT2D eigenvalue weighted by Crippen LogP contribution is -2.08. The van der Waals surface area contributed by atoms with Crippen LogP contribution in [0.3, 0.4) is 0 Å². The van der Waals surface area contributed by atoms with Crippen LogP contribution in [0, 0.1) is 6.92 Å². The number of hydrogen-bond acceptors (Lipinski definition) is 5. The van der Waals surface area contributed by atoms with E-state index in [1.807, 2.05) is 0 Å². The van der Waals surface area contributed by atoms with Crippen molar-refractivity contribution < 1.29 is 22.8 Å². The molecule has 2 N–H and O–H groups in total. The summed E-state index contributed by atoms with van der Waals surface area (Å²) in [5.74, 6) is -0.796. The summed E-state index contributed by atoms with van der Waals surface area (Å²) in [5, 5.41) is 9.29. The first-order valence-corrected chi connectivity index (χ1v) is 8.85. The molecule has 0 fully saturated rings. The molecule has 0 aliphatic rings. The van der Waals surface area contributed by atoms with Crippen LogP contribution in [0.15, 0.2) is 42.7 Å². The van der Waals surface area contributed by atoms with Crippen LogP contribution in [0.1, 0.15) is 28.4 Å². The van der Waals surface area contributed by atoms with Gasteiger partial charge in [-0.25, -0.2) is 4.52 Å². The second-order valence-electron chi connectivity index (χ2n) is 6.49. The van der Waals surface area contributed by atoms with E-state index in [1.54, 1.807) is 14.0 Å². The Balaban J connectivity index is 2.31. The zero-order chi connectivity index (χ0) is 22.1. The van der Waals surface area contributed by atoms with E-state index in [4.69, 9.17) is 0 Å². The summed E-state index contributed by atoms with van der Waals surface area (Å²) in [6.07, 6.45) is -0.351. The summed E-state index contributed by atoms with van der Waals surface area (Å²) in [7, 11) is 1.63. The topological polar surface area (TPSA) is 88.4 Å². The summed E-state index contributed by atoms with van der Waals surface area (Å²) >= 11 is 0. The number of rotatable bonds is 5. The van der Waals surface area contributed by atoms with Gasteiger partial charge < -0.3 is 5.32 Å². The summed E-state index contributed by atoms with van der Waals surface area (Å²) in [6, 6.07) is 4.75. The van der Waals surface area contributed by atoms with Crippen molar-refractivity contribution in [3.05, 3.63) is 59.4 Å². The molecule has 0 spiro atoms. The molecule has 7 nitrogen and oxygen atoms in total. The number of ketones is 1. The van der Waals surface area contributed by atoms with Crippen LogP contribution in [-0.4, -0.2) is 33.3 Å². The molecular weight excluding hydrogens is 399 g/mol. The molecule has 1 aromatic carbocycles. The molecule has 2 heterocycles. The van der Waals surface area contributed by atoms with Gasteiger partial charge in [0, 0.05) is 43.6 Å². The van der Waals surface area contributed by atoms with Crippen molar-refractivity contribution in [3.63, 3.8) is 0 Å². The Hall–Kier alpha value is -3.69. The Kier molecular flexibility index (Phi) is 5.59. The number of alkyl halides is 3. The quantitative estimate of drug-likeness (QED) is 0.489. The standard InChI is InChI=1S/C20H18F3N5O2/c1-11-15(16(30)7-8-24-3)10-28-18(26-19(27-28)25-12(2)29)17(11)13-5-4-6-14(9-13)20(21,22)23/h4-10,24H,1-3H3,(H,25,27,29)/b8-7+. The Bertz CT molecular complexity index is 1170. The molecule has 10 heteroatoms. The third-order valence-corrected chi connectivity index (χ3v) is 4.32. The minimum absolute atomic E-state index is 0.0227. The van der Waals surface area contributed by atoms with E-state index in [0.717, 1.165) is 12.1 Å². The predicted molar refractivity (Wildman–Crippen MR) is 105 cm³/mol. The highest BCUT2D eigenvalue weighted by atomic mass is 19.4. The zero-order valence-electron chi connectivity index (χ0n) is 16.3. The summed E-state index contributed by atoms with van der Waals surface area (Å²) < 4.78 is 41.0. The van der Waals surface area contributed by atoms with Crippen molar-refractivity contribution in [2.45, 2.75) is 20.0 Å². The van der Waals surface area contributed by atoms with Crippen LogP contribution in [-0.2, 0) is 11.0 Å². The molecule has 1 amide bonds. The number of halogens is 3. The van der Waals surface area contributed by atoms with Crippen molar-refractivity contribution in [2.24, 2.45) is 0 Å². The minimum Gasteiger partial charge on any atom is -0.394 e. The van der Waals surface area contributed by atoms with Crippen LogP contribution in [0.2, 0.25) is 0 Å². The van der Waals surface area contributed by atoms with Gasteiger partial charge in [0.15, 0.2) is 11.4 Å². The maximum atomic E-state index is 13.2. The number of benzene rings is 1. The lowest BCUT2D eigenvalue weighted by atomic mass is 9.95. The lowest BCUT2D eigenvalue weighted by molar-refractivity contribution is -0.137. The fraction of sp³-hybridized carbons (Fsp3) is 0.200. The van der Waals surface area contributed by atoms with Gasteiger partial charge in [-0.1, -0.05) is 12.1 Å². The summed E-state index contributed by atoms with van der Waals surface area (Å²) in [6.45, 7) is 2.91. The molecule has 3 aromatic rings. The number of pyridine rings is 1. The first-order valence-electron chi connectivity index (χ1n) is 8.85. The van der Waals surface area contributed by atoms with Gasteiger partial charge in [-0.2, -0.15) is 18.2 Å². The van der Waals surface area contributed by atoms with Crippen molar-refractivity contribution in [1.82, 2.24) is 19.9 Å². The predicted octanol–water partition coefficient (Wildman–Crippen LogP) is 3.60. The second kappa shape index (κ2) is 7.97. The SMILES string of the molecule is CN/C=C/C(=O)c1cn2nc(NC(C)=O)nc2c(-c2cccc(C(F)(F)F)c2)c1C. The smallest absolute Gasteiger partial charge is 0.394 e. The third-order valence-electron chi connectivity index (χ3n) is 4.32. The van der Waals surface area contributed by atoms with E-state index in [9.17, 15) is 22.8 Å². The van der Waals surface area contributed by atoms with Gasteiger partial charge in [-0.05, 0) is 30.2 Å². The van der Waals surface area contributed by atoms with E-state index >= 15 is 0 Å². The van der Waals surface area contributed by atoms with E-state index in [2.05, 4.69) is 20.7 Å².